The van der Waals surface area contributed by atoms with E-state index in [-0.39, 0.29) is 17.5 Å². The van der Waals surface area contributed by atoms with Crippen molar-refractivity contribution in [1.82, 2.24) is 0 Å². The molecule has 0 aromatic heterocycles. The molecule has 162 valence electrons. The van der Waals surface area contributed by atoms with Crippen molar-refractivity contribution < 1.29 is 9.59 Å². The van der Waals surface area contributed by atoms with Gasteiger partial charge in [-0.15, -0.1) is 0 Å². The van der Waals surface area contributed by atoms with Gasteiger partial charge in [-0.1, -0.05) is 47.5 Å². The second-order valence-electron chi connectivity index (χ2n) is 8.39. The number of amides is 2. The second kappa shape index (κ2) is 8.29. The van der Waals surface area contributed by atoms with E-state index in [9.17, 15) is 9.59 Å². The number of nitrogens with one attached hydrogen (secondary N) is 1. The summed E-state index contributed by atoms with van der Waals surface area (Å²) in [5, 5.41) is 3.85. The first kappa shape index (κ1) is 21.8. The molecule has 32 heavy (non-hydrogen) atoms. The average Bonchev–Trinajstić information content (AvgIpc) is 2.95. The summed E-state index contributed by atoms with van der Waals surface area (Å²) in [6.07, 6.45) is 0. The maximum absolute atomic E-state index is 13.7. The van der Waals surface area contributed by atoms with Gasteiger partial charge in [-0.25, -0.2) is 4.90 Å². The maximum Gasteiger partial charge on any atom is 0.282 e. The Morgan fingerprint density at radius 3 is 2.09 bits per heavy atom. The minimum Gasteiger partial charge on any atom is -0.350 e. The molecule has 0 unspecified atom stereocenters. The van der Waals surface area contributed by atoms with E-state index >= 15 is 0 Å². The number of anilines is 2. The predicted molar refractivity (Wildman–Crippen MR) is 131 cm³/mol. The van der Waals surface area contributed by atoms with Crippen LogP contribution in [0.25, 0.3) is 5.57 Å². The third-order valence-corrected chi connectivity index (χ3v) is 6.02. The Bertz CT molecular complexity index is 1310. The molecule has 0 fully saturated rings. The van der Waals surface area contributed by atoms with Crippen LogP contribution < -0.4 is 10.2 Å². The van der Waals surface area contributed by atoms with E-state index in [4.69, 9.17) is 11.6 Å². The Balaban J connectivity index is 1.90. The topological polar surface area (TPSA) is 49.4 Å². The third kappa shape index (κ3) is 3.82. The van der Waals surface area contributed by atoms with Gasteiger partial charge in [-0.2, -0.15) is 0 Å². The molecule has 3 aromatic carbocycles. The summed E-state index contributed by atoms with van der Waals surface area (Å²) >= 11 is 6.11. The van der Waals surface area contributed by atoms with Crippen LogP contribution >= 0.6 is 11.6 Å². The minimum atomic E-state index is -0.378. The van der Waals surface area contributed by atoms with Crippen LogP contribution in [0.4, 0.5) is 11.4 Å². The van der Waals surface area contributed by atoms with Crippen molar-refractivity contribution in [2.75, 3.05) is 10.2 Å². The molecular weight excluding hydrogens is 420 g/mol. The van der Waals surface area contributed by atoms with Crippen molar-refractivity contribution in [2.24, 2.45) is 0 Å². The zero-order valence-electron chi connectivity index (χ0n) is 18.8. The SMILES string of the molecule is Cc1ccc(C2=C(Nc3cc(C)ccc3C)C(=O)N(c3ccc(Cl)cc3C)C2=O)c(C)c1. The number of benzene rings is 3. The van der Waals surface area contributed by atoms with Gasteiger partial charge >= 0.3 is 0 Å². The summed E-state index contributed by atoms with van der Waals surface area (Å²) in [5.41, 5.74) is 7.59. The Morgan fingerprint density at radius 2 is 1.41 bits per heavy atom. The molecular formula is C27H25ClN2O2. The van der Waals surface area contributed by atoms with Crippen LogP contribution in [0.15, 0.2) is 60.3 Å². The summed E-state index contributed by atoms with van der Waals surface area (Å²) in [4.78, 5) is 28.6. The van der Waals surface area contributed by atoms with Crippen LogP contribution in [0, 0.1) is 34.6 Å². The van der Waals surface area contributed by atoms with Gasteiger partial charge in [0.1, 0.15) is 5.70 Å². The summed E-state index contributed by atoms with van der Waals surface area (Å²) in [6.45, 7) is 9.77. The number of carbonyl (C=O) groups is 2. The first-order valence-electron chi connectivity index (χ1n) is 10.5. The van der Waals surface area contributed by atoms with E-state index < -0.39 is 0 Å². The quantitative estimate of drug-likeness (QED) is 0.482. The van der Waals surface area contributed by atoms with Crippen molar-refractivity contribution in [2.45, 2.75) is 34.6 Å². The lowest BCUT2D eigenvalue weighted by atomic mass is 9.97. The molecule has 1 aliphatic rings. The molecule has 0 spiro atoms. The van der Waals surface area contributed by atoms with Crippen LogP contribution in [-0.2, 0) is 9.59 Å². The number of aryl methyl sites for hydroxylation is 5. The molecule has 1 N–H and O–H groups in total. The average molecular weight is 445 g/mol. The van der Waals surface area contributed by atoms with E-state index in [1.807, 2.05) is 71.0 Å². The number of carbonyl (C=O) groups excluding carboxylic acids is 2. The molecule has 1 aliphatic heterocycles. The van der Waals surface area contributed by atoms with Crippen LogP contribution in [0.1, 0.15) is 33.4 Å². The molecule has 0 saturated heterocycles. The maximum atomic E-state index is 13.7. The van der Waals surface area contributed by atoms with Gasteiger partial charge in [0.15, 0.2) is 0 Å². The monoisotopic (exact) mass is 444 g/mol. The van der Waals surface area contributed by atoms with Gasteiger partial charge in [0.05, 0.1) is 11.3 Å². The van der Waals surface area contributed by atoms with Gasteiger partial charge in [-0.05, 0) is 86.7 Å². The summed E-state index contributed by atoms with van der Waals surface area (Å²) in [7, 11) is 0. The van der Waals surface area contributed by atoms with Gasteiger partial charge in [0.25, 0.3) is 11.8 Å². The zero-order valence-corrected chi connectivity index (χ0v) is 19.6. The molecule has 5 heteroatoms. The van der Waals surface area contributed by atoms with E-state index in [1.54, 1.807) is 18.2 Å². The van der Waals surface area contributed by atoms with E-state index in [0.717, 1.165) is 39.1 Å². The van der Waals surface area contributed by atoms with Crippen LogP contribution in [0.2, 0.25) is 5.02 Å². The fourth-order valence-corrected chi connectivity index (χ4v) is 4.31. The van der Waals surface area contributed by atoms with Crippen LogP contribution in [-0.4, -0.2) is 11.8 Å². The van der Waals surface area contributed by atoms with Crippen molar-refractivity contribution in [3.8, 4) is 0 Å². The standard InChI is InChI=1S/C27H25ClN2O2/c1-15-7-10-21(18(4)12-15)24-25(29-22-13-16(2)6-8-17(22)3)27(32)30(26(24)31)23-11-9-20(28)14-19(23)5/h6-14,29H,1-5H3. The Labute approximate surface area is 193 Å². The van der Waals surface area contributed by atoms with Crippen LogP contribution in [0.5, 0.6) is 0 Å². The summed E-state index contributed by atoms with van der Waals surface area (Å²) in [5.74, 6) is -0.725. The highest BCUT2D eigenvalue weighted by Gasteiger charge is 2.41. The fourth-order valence-electron chi connectivity index (χ4n) is 4.08. The number of nitrogens with zero attached hydrogens (tertiary/aromatic N) is 1. The lowest BCUT2D eigenvalue weighted by Crippen LogP contribution is -2.33. The van der Waals surface area contributed by atoms with E-state index in [1.165, 1.54) is 4.90 Å². The van der Waals surface area contributed by atoms with Crippen molar-refractivity contribution in [1.29, 1.82) is 0 Å². The molecule has 0 radical (unpaired) electrons. The molecule has 0 atom stereocenters. The highest BCUT2D eigenvalue weighted by Crippen LogP contribution is 2.37. The normalized spacial score (nSPS) is 13.9. The second-order valence-corrected chi connectivity index (χ2v) is 8.82. The number of hydrogen-bond donors (Lipinski definition) is 1. The molecule has 0 aliphatic carbocycles. The zero-order chi connectivity index (χ0) is 23.2. The highest BCUT2D eigenvalue weighted by atomic mass is 35.5. The Kier molecular flexibility index (Phi) is 5.66. The van der Waals surface area contributed by atoms with Crippen molar-refractivity contribution in [3.63, 3.8) is 0 Å². The number of imide groups is 1. The van der Waals surface area contributed by atoms with Gasteiger partial charge in [0.2, 0.25) is 0 Å². The molecule has 0 bridgehead atoms. The van der Waals surface area contributed by atoms with Crippen LogP contribution in [0.3, 0.4) is 0 Å². The largest absolute Gasteiger partial charge is 0.350 e. The van der Waals surface area contributed by atoms with Crippen molar-refractivity contribution in [3.05, 3.63) is 98.7 Å². The minimum absolute atomic E-state index is 0.282. The van der Waals surface area contributed by atoms with Gasteiger partial charge in [0, 0.05) is 10.7 Å². The first-order valence-corrected chi connectivity index (χ1v) is 10.9. The fraction of sp³-hybridized carbons (Fsp3) is 0.185. The molecule has 0 saturated carbocycles. The molecule has 3 aromatic rings. The van der Waals surface area contributed by atoms with Crippen molar-refractivity contribution >= 4 is 40.4 Å². The third-order valence-electron chi connectivity index (χ3n) is 5.79. The lowest BCUT2D eigenvalue weighted by molar-refractivity contribution is -0.120. The number of hydrogen-bond acceptors (Lipinski definition) is 3. The Morgan fingerprint density at radius 1 is 0.719 bits per heavy atom. The molecule has 4 rings (SSSR count). The van der Waals surface area contributed by atoms with E-state index in [2.05, 4.69) is 5.32 Å². The molecule has 4 nitrogen and oxygen atoms in total. The summed E-state index contributed by atoms with van der Waals surface area (Å²) in [6, 6.07) is 17.0. The molecule has 1 heterocycles. The predicted octanol–water partition coefficient (Wildman–Crippen LogP) is 6.28. The first-order chi connectivity index (χ1) is 15.2. The van der Waals surface area contributed by atoms with Gasteiger partial charge < -0.3 is 5.32 Å². The number of halogens is 1. The smallest absolute Gasteiger partial charge is 0.282 e. The summed E-state index contributed by atoms with van der Waals surface area (Å²) < 4.78 is 0. The van der Waals surface area contributed by atoms with E-state index in [0.29, 0.717) is 16.3 Å². The number of rotatable bonds is 4. The van der Waals surface area contributed by atoms with Gasteiger partial charge in [-0.3, -0.25) is 9.59 Å². The highest BCUT2D eigenvalue weighted by molar-refractivity contribution is 6.46. The lowest BCUT2D eigenvalue weighted by Gasteiger charge is -2.18. The molecule has 2 amide bonds. The Hall–Kier alpha value is -3.37.